The normalized spacial score (nSPS) is 19.0. The van der Waals surface area contributed by atoms with E-state index in [1.54, 1.807) is 0 Å². The predicted molar refractivity (Wildman–Crippen MR) is 79.1 cm³/mol. The van der Waals surface area contributed by atoms with Crippen molar-refractivity contribution in [3.8, 4) is 0 Å². The van der Waals surface area contributed by atoms with Crippen LogP contribution in [0.2, 0.25) is 0 Å². The number of hydrogen-bond donors (Lipinski definition) is 1. The molecule has 22 heavy (non-hydrogen) atoms. The van der Waals surface area contributed by atoms with Crippen LogP contribution in [-0.2, 0) is 25.6 Å². The van der Waals surface area contributed by atoms with E-state index < -0.39 is 18.1 Å². The van der Waals surface area contributed by atoms with Gasteiger partial charge in [0.1, 0.15) is 12.6 Å². The van der Waals surface area contributed by atoms with E-state index in [9.17, 15) is 9.59 Å². The predicted octanol–water partition coefficient (Wildman–Crippen LogP) is 1.88. The van der Waals surface area contributed by atoms with Crippen molar-refractivity contribution in [3.63, 3.8) is 0 Å². The quantitative estimate of drug-likeness (QED) is 0.841. The lowest BCUT2D eigenvalue weighted by atomic mass is 9.94. The van der Waals surface area contributed by atoms with Gasteiger partial charge in [0.05, 0.1) is 13.7 Å². The van der Waals surface area contributed by atoms with Crippen molar-refractivity contribution in [2.24, 2.45) is 5.92 Å². The minimum Gasteiger partial charge on any atom is -0.467 e. The van der Waals surface area contributed by atoms with E-state index in [4.69, 9.17) is 14.2 Å². The largest absolute Gasteiger partial charge is 0.467 e. The van der Waals surface area contributed by atoms with Gasteiger partial charge in [0.25, 0.3) is 0 Å². The van der Waals surface area contributed by atoms with E-state index in [1.165, 1.54) is 7.11 Å². The van der Waals surface area contributed by atoms with Crippen LogP contribution in [0, 0.1) is 5.92 Å². The van der Waals surface area contributed by atoms with E-state index in [0.717, 1.165) is 18.4 Å². The van der Waals surface area contributed by atoms with Gasteiger partial charge in [0.15, 0.2) is 0 Å². The fourth-order valence-electron chi connectivity index (χ4n) is 2.42. The Morgan fingerprint density at radius 2 is 2.14 bits per heavy atom. The third kappa shape index (κ3) is 4.73. The summed E-state index contributed by atoms with van der Waals surface area (Å²) in [5, 5.41) is 2.59. The smallest absolute Gasteiger partial charge is 0.408 e. The first-order valence-electron chi connectivity index (χ1n) is 7.33. The number of carbonyl (C=O) groups is 2. The third-order valence-corrected chi connectivity index (χ3v) is 3.61. The Balaban J connectivity index is 1.88. The zero-order chi connectivity index (χ0) is 15.8. The van der Waals surface area contributed by atoms with Crippen LogP contribution in [-0.4, -0.2) is 38.4 Å². The molecule has 0 aromatic heterocycles. The van der Waals surface area contributed by atoms with Crippen LogP contribution in [0.15, 0.2) is 30.3 Å². The molecule has 0 saturated carbocycles. The van der Waals surface area contributed by atoms with Crippen molar-refractivity contribution in [1.29, 1.82) is 0 Å². The van der Waals surface area contributed by atoms with Crippen molar-refractivity contribution < 1.29 is 23.8 Å². The summed E-state index contributed by atoms with van der Waals surface area (Å²) in [4.78, 5) is 23.8. The third-order valence-electron chi connectivity index (χ3n) is 3.61. The Kier molecular flexibility index (Phi) is 6.21. The molecule has 1 amide bonds. The number of benzene rings is 1. The highest BCUT2D eigenvalue weighted by atomic mass is 16.6. The maximum Gasteiger partial charge on any atom is 0.408 e. The highest BCUT2D eigenvalue weighted by molar-refractivity contribution is 5.81. The molecule has 0 spiro atoms. The van der Waals surface area contributed by atoms with E-state index >= 15 is 0 Å². The first-order valence-corrected chi connectivity index (χ1v) is 7.33. The Labute approximate surface area is 129 Å². The highest BCUT2D eigenvalue weighted by Crippen LogP contribution is 2.18. The molecule has 0 unspecified atom stereocenters. The lowest BCUT2D eigenvalue weighted by molar-refractivity contribution is -0.146. The van der Waals surface area contributed by atoms with Gasteiger partial charge in [-0.05, 0) is 18.4 Å². The molecule has 1 aromatic rings. The average Bonchev–Trinajstić information content (AvgIpc) is 2.59. The summed E-state index contributed by atoms with van der Waals surface area (Å²) in [6.45, 7) is 1.27. The molecule has 1 saturated heterocycles. The molecular formula is C16H21NO5. The first kappa shape index (κ1) is 16.3. The Morgan fingerprint density at radius 3 is 2.77 bits per heavy atom. The summed E-state index contributed by atoms with van der Waals surface area (Å²) in [7, 11) is 1.30. The molecule has 1 aliphatic heterocycles. The first-order chi connectivity index (χ1) is 10.7. The minimum atomic E-state index is -0.742. The molecule has 6 heteroatoms. The van der Waals surface area contributed by atoms with Gasteiger partial charge >= 0.3 is 12.1 Å². The minimum absolute atomic E-state index is 0.0922. The summed E-state index contributed by atoms with van der Waals surface area (Å²) < 4.78 is 15.3. The van der Waals surface area contributed by atoms with Crippen LogP contribution in [0.3, 0.4) is 0 Å². The van der Waals surface area contributed by atoms with Crippen molar-refractivity contribution in [2.45, 2.75) is 25.5 Å². The fourth-order valence-corrected chi connectivity index (χ4v) is 2.42. The zero-order valence-corrected chi connectivity index (χ0v) is 12.6. The van der Waals surface area contributed by atoms with E-state index in [0.29, 0.717) is 13.2 Å². The van der Waals surface area contributed by atoms with Crippen LogP contribution in [0.5, 0.6) is 0 Å². The van der Waals surface area contributed by atoms with E-state index in [1.807, 2.05) is 30.3 Å². The maximum absolute atomic E-state index is 11.9. The molecule has 2 rings (SSSR count). The average molecular weight is 307 g/mol. The fraction of sp³-hybridized carbons (Fsp3) is 0.500. The van der Waals surface area contributed by atoms with E-state index in [-0.39, 0.29) is 12.5 Å². The number of hydrogen-bond acceptors (Lipinski definition) is 5. The van der Waals surface area contributed by atoms with Gasteiger partial charge in [-0.15, -0.1) is 0 Å². The second kappa shape index (κ2) is 8.38. The Hall–Kier alpha value is -2.08. The lowest BCUT2D eigenvalue weighted by Crippen LogP contribution is -2.49. The summed E-state index contributed by atoms with van der Waals surface area (Å²) in [6.07, 6.45) is 1.03. The van der Waals surface area contributed by atoms with Gasteiger partial charge in [0, 0.05) is 12.5 Å². The van der Waals surface area contributed by atoms with Crippen LogP contribution < -0.4 is 5.32 Å². The number of methoxy groups -OCH3 is 1. The molecule has 0 bridgehead atoms. The van der Waals surface area contributed by atoms with Crippen LogP contribution in [0.1, 0.15) is 18.4 Å². The van der Waals surface area contributed by atoms with Crippen molar-refractivity contribution in [3.05, 3.63) is 35.9 Å². The molecule has 120 valence electrons. The number of ether oxygens (including phenoxy) is 3. The topological polar surface area (TPSA) is 73.9 Å². The number of amides is 1. The van der Waals surface area contributed by atoms with Gasteiger partial charge in [-0.3, -0.25) is 0 Å². The number of alkyl carbamates (subject to hydrolysis) is 1. The van der Waals surface area contributed by atoms with Gasteiger partial charge < -0.3 is 19.5 Å². The number of esters is 1. The van der Waals surface area contributed by atoms with E-state index in [2.05, 4.69) is 5.32 Å². The molecule has 1 N–H and O–H groups in total. The van der Waals surface area contributed by atoms with Gasteiger partial charge in [-0.2, -0.15) is 0 Å². The monoisotopic (exact) mass is 307 g/mol. The summed E-state index contributed by atoms with van der Waals surface area (Å²) in [6, 6.07) is 8.61. The van der Waals surface area contributed by atoms with Crippen molar-refractivity contribution in [1.82, 2.24) is 5.32 Å². The maximum atomic E-state index is 11.9. The Bertz CT molecular complexity index is 485. The molecule has 1 heterocycles. The van der Waals surface area contributed by atoms with Crippen molar-refractivity contribution >= 4 is 12.1 Å². The molecule has 6 nitrogen and oxygen atoms in total. The molecule has 0 aliphatic carbocycles. The van der Waals surface area contributed by atoms with Crippen LogP contribution in [0.25, 0.3) is 0 Å². The number of nitrogens with one attached hydrogen (secondary N) is 1. The van der Waals surface area contributed by atoms with Crippen LogP contribution >= 0.6 is 0 Å². The second-order valence-corrected chi connectivity index (χ2v) is 5.18. The number of rotatable bonds is 5. The van der Waals surface area contributed by atoms with Gasteiger partial charge in [0.2, 0.25) is 0 Å². The SMILES string of the molecule is COC(=O)[C@@H](NC(=O)OCc1ccccc1)[C@H]1CCCOC1. The van der Waals surface area contributed by atoms with Crippen LogP contribution in [0.4, 0.5) is 4.79 Å². The standard InChI is InChI=1S/C16H21NO5/c1-20-15(18)14(13-8-5-9-21-11-13)17-16(19)22-10-12-6-3-2-4-7-12/h2-4,6-7,13-14H,5,8-11H2,1H3,(H,17,19)/t13-,14-/m0/s1. The molecule has 1 aromatic carbocycles. The number of carbonyl (C=O) groups excluding carboxylic acids is 2. The molecule has 1 fully saturated rings. The molecular weight excluding hydrogens is 286 g/mol. The summed E-state index contributed by atoms with van der Waals surface area (Å²) >= 11 is 0. The van der Waals surface area contributed by atoms with Gasteiger partial charge in [-0.1, -0.05) is 30.3 Å². The lowest BCUT2D eigenvalue weighted by Gasteiger charge is -2.28. The molecule has 2 atom stereocenters. The molecule has 0 radical (unpaired) electrons. The summed E-state index contributed by atoms with van der Waals surface area (Å²) in [5.41, 5.74) is 0.883. The summed E-state index contributed by atoms with van der Waals surface area (Å²) in [5.74, 6) is -0.572. The Morgan fingerprint density at radius 1 is 1.36 bits per heavy atom. The van der Waals surface area contributed by atoms with Crippen molar-refractivity contribution in [2.75, 3.05) is 20.3 Å². The second-order valence-electron chi connectivity index (χ2n) is 5.18. The zero-order valence-electron chi connectivity index (χ0n) is 12.6. The highest BCUT2D eigenvalue weighted by Gasteiger charge is 2.32. The molecule has 1 aliphatic rings. The van der Waals surface area contributed by atoms with Gasteiger partial charge in [-0.25, -0.2) is 9.59 Å².